The van der Waals surface area contributed by atoms with E-state index in [9.17, 15) is 27.2 Å². The van der Waals surface area contributed by atoms with Gasteiger partial charge in [-0.25, -0.2) is 8.78 Å². The number of hydrogen-bond donors (Lipinski definition) is 0. The van der Waals surface area contributed by atoms with Gasteiger partial charge < -0.3 is 9.47 Å². The molecule has 0 fully saturated rings. The van der Waals surface area contributed by atoms with Crippen molar-refractivity contribution < 1.29 is 36.6 Å². The second-order valence-corrected chi connectivity index (χ2v) is 5.51. The molecule has 0 heterocycles. The molecule has 0 aromatic carbocycles. The SMILES string of the molecule is CC(C)CC(C)OC(=O)CCCC(=O)OCC(F)(F)C(F)F. The number of alkyl halides is 4. The van der Waals surface area contributed by atoms with Gasteiger partial charge in [0.25, 0.3) is 0 Å². The fraction of sp³-hybridized carbons (Fsp3) is 0.857. The summed E-state index contributed by atoms with van der Waals surface area (Å²) in [6.45, 7) is 4.04. The third kappa shape index (κ3) is 9.57. The first-order chi connectivity index (χ1) is 10.0. The molecule has 0 rings (SSSR count). The predicted octanol–water partition coefficient (Wildman–Crippen LogP) is 3.58. The topological polar surface area (TPSA) is 52.6 Å². The summed E-state index contributed by atoms with van der Waals surface area (Å²) < 4.78 is 57.8. The monoisotopic (exact) mass is 330 g/mol. The van der Waals surface area contributed by atoms with Gasteiger partial charge in [0, 0.05) is 12.8 Å². The molecule has 0 N–H and O–H groups in total. The lowest BCUT2D eigenvalue weighted by atomic mass is 10.1. The Morgan fingerprint density at radius 3 is 2.09 bits per heavy atom. The summed E-state index contributed by atoms with van der Waals surface area (Å²) in [5, 5.41) is 0. The molecule has 4 nitrogen and oxygen atoms in total. The van der Waals surface area contributed by atoms with Gasteiger partial charge in [0.1, 0.15) is 0 Å². The second-order valence-electron chi connectivity index (χ2n) is 5.51. The largest absolute Gasteiger partial charge is 0.463 e. The predicted molar refractivity (Wildman–Crippen MR) is 70.8 cm³/mol. The van der Waals surface area contributed by atoms with E-state index in [1.54, 1.807) is 6.92 Å². The smallest absolute Gasteiger partial charge is 0.340 e. The standard InChI is InChI=1S/C14H22F4O4/c1-9(2)7-10(3)22-12(20)6-4-5-11(19)21-8-14(17,18)13(15)16/h9-10,13H,4-8H2,1-3H3. The summed E-state index contributed by atoms with van der Waals surface area (Å²) in [6, 6.07) is 0. The Hall–Kier alpha value is -1.34. The van der Waals surface area contributed by atoms with Crippen molar-refractivity contribution in [3.8, 4) is 0 Å². The molecule has 0 aliphatic carbocycles. The summed E-state index contributed by atoms with van der Waals surface area (Å²) >= 11 is 0. The molecule has 0 bridgehead atoms. The Balaban J connectivity index is 3.86. The molecule has 0 saturated heterocycles. The van der Waals surface area contributed by atoms with E-state index < -0.39 is 30.9 Å². The molecule has 0 spiro atoms. The molecule has 0 aliphatic rings. The molecule has 1 atom stereocenters. The molecular weight excluding hydrogens is 308 g/mol. The molecule has 8 heteroatoms. The van der Waals surface area contributed by atoms with Gasteiger partial charge in [0.15, 0.2) is 6.61 Å². The molecule has 0 aromatic heterocycles. The molecular formula is C14H22F4O4. The van der Waals surface area contributed by atoms with Crippen molar-refractivity contribution in [2.24, 2.45) is 5.92 Å². The summed E-state index contributed by atoms with van der Waals surface area (Å²) in [4.78, 5) is 22.5. The van der Waals surface area contributed by atoms with Crippen LogP contribution in [0.15, 0.2) is 0 Å². The minimum Gasteiger partial charge on any atom is -0.463 e. The van der Waals surface area contributed by atoms with E-state index in [-0.39, 0.29) is 25.4 Å². The van der Waals surface area contributed by atoms with E-state index in [4.69, 9.17) is 4.74 Å². The first-order valence-electron chi connectivity index (χ1n) is 7.05. The molecule has 130 valence electrons. The maximum Gasteiger partial charge on any atom is 0.340 e. The minimum atomic E-state index is -4.36. The van der Waals surface area contributed by atoms with Gasteiger partial charge in [0.2, 0.25) is 0 Å². The highest BCUT2D eigenvalue weighted by atomic mass is 19.3. The Morgan fingerprint density at radius 1 is 1.05 bits per heavy atom. The summed E-state index contributed by atoms with van der Waals surface area (Å²) in [7, 11) is 0. The average molecular weight is 330 g/mol. The average Bonchev–Trinajstić information content (AvgIpc) is 2.35. The van der Waals surface area contributed by atoms with Crippen molar-refractivity contribution >= 4 is 11.9 Å². The number of carbonyl (C=O) groups excluding carboxylic acids is 2. The van der Waals surface area contributed by atoms with Gasteiger partial charge >= 0.3 is 24.3 Å². The Bertz CT molecular complexity index is 359. The third-order valence-corrected chi connectivity index (χ3v) is 2.64. The summed E-state index contributed by atoms with van der Waals surface area (Å²) in [5.74, 6) is -5.54. The van der Waals surface area contributed by atoms with E-state index in [1.807, 2.05) is 13.8 Å². The van der Waals surface area contributed by atoms with E-state index in [0.717, 1.165) is 0 Å². The van der Waals surface area contributed by atoms with Gasteiger partial charge in [0.05, 0.1) is 6.10 Å². The van der Waals surface area contributed by atoms with Crippen molar-refractivity contribution in [2.75, 3.05) is 6.61 Å². The van der Waals surface area contributed by atoms with Crippen LogP contribution in [0.1, 0.15) is 46.5 Å². The number of halogens is 4. The summed E-state index contributed by atoms with van der Waals surface area (Å²) in [6.07, 6.45) is -3.76. The third-order valence-electron chi connectivity index (χ3n) is 2.64. The zero-order valence-electron chi connectivity index (χ0n) is 12.9. The normalized spacial score (nSPS) is 13.3. The highest BCUT2D eigenvalue weighted by molar-refractivity contribution is 5.72. The quantitative estimate of drug-likeness (QED) is 0.454. The molecule has 0 saturated carbocycles. The lowest BCUT2D eigenvalue weighted by Crippen LogP contribution is -2.33. The van der Waals surface area contributed by atoms with Crippen LogP contribution in [0.4, 0.5) is 17.6 Å². The second kappa shape index (κ2) is 9.63. The van der Waals surface area contributed by atoms with Gasteiger partial charge in [-0.15, -0.1) is 0 Å². The van der Waals surface area contributed by atoms with Crippen LogP contribution in [0.25, 0.3) is 0 Å². The van der Waals surface area contributed by atoms with Crippen molar-refractivity contribution in [3.63, 3.8) is 0 Å². The first-order valence-corrected chi connectivity index (χ1v) is 7.05. The summed E-state index contributed by atoms with van der Waals surface area (Å²) in [5.41, 5.74) is 0. The van der Waals surface area contributed by atoms with Crippen LogP contribution in [0.5, 0.6) is 0 Å². The Morgan fingerprint density at radius 2 is 1.59 bits per heavy atom. The lowest BCUT2D eigenvalue weighted by Gasteiger charge is -2.15. The Kier molecular flexibility index (Phi) is 9.04. The van der Waals surface area contributed by atoms with Gasteiger partial charge in [-0.05, 0) is 25.7 Å². The number of esters is 2. The van der Waals surface area contributed by atoms with Crippen LogP contribution >= 0.6 is 0 Å². The molecule has 0 aliphatic heterocycles. The fourth-order valence-electron chi connectivity index (χ4n) is 1.68. The fourth-order valence-corrected chi connectivity index (χ4v) is 1.68. The van der Waals surface area contributed by atoms with Gasteiger partial charge in [-0.1, -0.05) is 13.8 Å². The van der Waals surface area contributed by atoms with Gasteiger partial charge in [-0.2, -0.15) is 8.78 Å². The maximum absolute atomic E-state index is 12.5. The maximum atomic E-state index is 12.5. The van der Waals surface area contributed by atoms with E-state index in [2.05, 4.69) is 4.74 Å². The first kappa shape index (κ1) is 20.7. The number of hydrogen-bond acceptors (Lipinski definition) is 4. The van der Waals surface area contributed by atoms with Crippen LogP contribution in [0.2, 0.25) is 0 Å². The lowest BCUT2D eigenvalue weighted by molar-refractivity contribution is -0.179. The number of carbonyl (C=O) groups is 2. The molecule has 0 amide bonds. The van der Waals surface area contributed by atoms with E-state index in [1.165, 1.54) is 0 Å². The zero-order valence-corrected chi connectivity index (χ0v) is 12.9. The highest BCUT2D eigenvalue weighted by Gasteiger charge is 2.42. The molecule has 1 unspecified atom stereocenters. The van der Waals surface area contributed by atoms with Gasteiger partial charge in [-0.3, -0.25) is 9.59 Å². The van der Waals surface area contributed by atoms with E-state index >= 15 is 0 Å². The van der Waals surface area contributed by atoms with Crippen molar-refractivity contribution in [1.29, 1.82) is 0 Å². The van der Waals surface area contributed by atoms with Crippen LogP contribution in [0, 0.1) is 5.92 Å². The van der Waals surface area contributed by atoms with Crippen LogP contribution in [0.3, 0.4) is 0 Å². The van der Waals surface area contributed by atoms with E-state index in [0.29, 0.717) is 12.3 Å². The Labute approximate surface area is 127 Å². The molecule has 0 radical (unpaired) electrons. The van der Waals surface area contributed by atoms with Crippen molar-refractivity contribution in [3.05, 3.63) is 0 Å². The van der Waals surface area contributed by atoms with Crippen LogP contribution in [-0.2, 0) is 19.1 Å². The minimum absolute atomic E-state index is 0.0479. The van der Waals surface area contributed by atoms with Crippen molar-refractivity contribution in [1.82, 2.24) is 0 Å². The van der Waals surface area contributed by atoms with Crippen LogP contribution in [-0.4, -0.2) is 37.0 Å². The van der Waals surface area contributed by atoms with Crippen LogP contribution < -0.4 is 0 Å². The zero-order chi connectivity index (χ0) is 17.3. The van der Waals surface area contributed by atoms with Crippen molar-refractivity contribution in [2.45, 2.75) is 64.9 Å². The number of ether oxygens (including phenoxy) is 2. The molecule has 0 aromatic rings. The number of rotatable bonds is 10. The highest BCUT2D eigenvalue weighted by Crippen LogP contribution is 2.23. The molecule has 22 heavy (non-hydrogen) atoms.